The van der Waals surface area contributed by atoms with Crippen molar-refractivity contribution in [3.63, 3.8) is 0 Å². The number of nitrogens with one attached hydrogen (secondary N) is 2. The fourth-order valence-electron chi connectivity index (χ4n) is 3.72. The third-order valence-corrected chi connectivity index (χ3v) is 5.49. The zero-order valence-corrected chi connectivity index (χ0v) is 18.1. The molecule has 0 aliphatic carbocycles. The van der Waals surface area contributed by atoms with Gasteiger partial charge in [0.25, 0.3) is 5.56 Å². The normalized spacial score (nSPS) is 15.7. The number of anilines is 2. The Morgan fingerprint density at radius 2 is 1.97 bits per heavy atom. The molecule has 0 amide bonds. The average Bonchev–Trinajstić information content (AvgIpc) is 3.18. The summed E-state index contributed by atoms with van der Waals surface area (Å²) in [7, 11) is 0. The van der Waals surface area contributed by atoms with Gasteiger partial charge in [0.2, 0.25) is 5.95 Å². The van der Waals surface area contributed by atoms with Gasteiger partial charge in [-0.25, -0.2) is 9.67 Å². The van der Waals surface area contributed by atoms with Gasteiger partial charge in [0.05, 0.1) is 11.7 Å². The molecule has 1 aliphatic rings. The number of piperazine rings is 1. The van der Waals surface area contributed by atoms with Gasteiger partial charge in [0.15, 0.2) is 5.65 Å². The summed E-state index contributed by atoms with van der Waals surface area (Å²) in [6, 6.07) is 4.08. The number of hydrogen-bond donors (Lipinski definition) is 2. The van der Waals surface area contributed by atoms with Crippen LogP contribution in [0.4, 0.5) is 11.8 Å². The van der Waals surface area contributed by atoms with Crippen molar-refractivity contribution in [3.8, 4) is 0 Å². The average molecular weight is 411 g/mol. The summed E-state index contributed by atoms with van der Waals surface area (Å²) in [6.45, 7) is 14.0. The van der Waals surface area contributed by atoms with Crippen LogP contribution in [0.3, 0.4) is 0 Å². The third-order valence-electron chi connectivity index (χ3n) is 5.49. The predicted molar refractivity (Wildman–Crippen MR) is 119 cm³/mol. The Kier molecular flexibility index (Phi) is 5.46. The van der Waals surface area contributed by atoms with Crippen LogP contribution in [0.1, 0.15) is 33.3 Å². The predicted octanol–water partition coefficient (Wildman–Crippen LogP) is 2.02. The van der Waals surface area contributed by atoms with E-state index in [1.54, 1.807) is 10.9 Å². The Hall–Kier alpha value is -2.94. The number of H-pyrrole nitrogens is 1. The summed E-state index contributed by atoms with van der Waals surface area (Å²) in [5, 5.41) is 8.09. The molecule has 9 nitrogen and oxygen atoms in total. The zero-order valence-electron chi connectivity index (χ0n) is 18.1. The van der Waals surface area contributed by atoms with Crippen molar-refractivity contribution < 1.29 is 0 Å². The van der Waals surface area contributed by atoms with Gasteiger partial charge < -0.3 is 15.1 Å². The van der Waals surface area contributed by atoms with E-state index >= 15 is 0 Å². The fourth-order valence-corrected chi connectivity index (χ4v) is 3.72. The quantitative estimate of drug-likeness (QED) is 0.664. The van der Waals surface area contributed by atoms with Crippen LogP contribution in [0, 0.1) is 0 Å². The summed E-state index contributed by atoms with van der Waals surface area (Å²) in [6.07, 6.45) is 3.41. The number of rotatable bonds is 5. The Balaban J connectivity index is 1.50. The molecular formula is C21H30N8O. The first kappa shape index (κ1) is 20.3. The molecule has 3 aromatic rings. The highest BCUT2D eigenvalue weighted by Gasteiger charge is 2.20. The molecule has 2 N–H and O–H groups in total. The van der Waals surface area contributed by atoms with Crippen LogP contribution in [-0.4, -0.2) is 62.4 Å². The number of nitrogens with zero attached hydrogens (tertiary/aromatic N) is 6. The van der Waals surface area contributed by atoms with Gasteiger partial charge in [-0.15, -0.1) is 0 Å². The van der Waals surface area contributed by atoms with Gasteiger partial charge in [0.1, 0.15) is 11.2 Å². The SMILES string of the molecule is CCN1CCN(c2cc(CNc3nc4c(cnn4C(C)(C)C)c(=O)[nH]3)ccn2)CC1. The molecule has 1 saturated heterocycles. The van der Waals surface area contributed by atoms with E-state index in [4.69, 9.17) is 0 Å². The maximum Gasteiger partial charge on any atom is 0.263 e. The van der Waals surface area contributed by atoms with E-state index in [1.165, 1.54) is 0 Å². The molecule has 0 radical (unpaired) electrons. The first-order chi connectivity index (χ1) is 14.3. The third kappa shape index (κ3) is 4.16. The number of fused-ring (bicyclic) bond motifs is 1. The highest BCUT2D eigenvalue weighted by atomic mass is 16.1. The lowest BCUT2D eigenvalue weighted by Gasteiger charge is -2.34. The van der Waals surface area contributed by atoms with Gasteiger partial charge in [-0.05, 0) is 45.0 Å². The maximum absolute atomic E-state index is 12.5. The molecule has 3 aromatic heterocycles. The lowest BCUT2D eigenvalue weighted by atomic mass is 10.1. The number of aromatic amines is 1. The van der Waals surface area contributed by atoms with Crippen LogP contribution in [0.5, 0.6) is 0 Å². The second-order valence-electron chi connectivity index (χ2n) is 8.68. The fraction of sp³-hybridized carbons (Fsp3) is 0.524. The van der Waals surface area contributed by atoms with Gasteiger partial charge in [0, 0.05) is 38.9 Å². The molecule has 0 atom stereocenters. The Morgan fingerprint density at radius 3 is 2.67 bits per heavy atom. The van der Waals surface area contributed by atoms with E-state index in [0.29, 0.717) is 23.5 Å². The molecular weight excluding hydrogens is 380 g/mol. The molecule has 0 spiro atoms. The molecule has 30 heavy (non-hydrogen) atoms. The molecule has 1 aliphatic heterocycles. The topological polar surface area (TPSA) is 95.0 Å². The first-order valence-corrected chi connectivity index (χ1v) is 10.5. The summed E-state index contributed by atoms with van der Waals surface area (Å²) in [5.41, 5.74) is 1.21. The molecule has 0 aromatic carbocycles. The van der Waals surface area contributed by atoms with Crippen LogP contribution in [-0.2, 0) is 12.1 Å². The number of pyridine rings is 1. The van der Waals surface area contributed by atoms with Crippen molar-refractivity contribution >= 4 is 22.8 Å². The minimum atomic E-state index is -0.262. The Bertz CT molecular complexity index is 1070. The van der Waals surface area contributed by atoms with Crippen molar-refractivity contribution in [2.45, 2.75) is 39.8 Å². The van der Waals surface area contributed by atoms with E-state index in [1.807, 2.05) is 33.0 Å². The summed E-state index contributed by atoms with van der Waals surface area (Å²) >= 11 is 0. The largest absolute Gasteiger partial charge is 0.354 e. The standard InChI is InChI=1S/C21H30N8O/c1-5-27-8-10-28(11-9-27)17-12-15(6-7-22-17)13-23-20-25-18-16(19(30)26-20)14-24-29(18)21(2,3)4/h6-7,12,14H,5,8-11,13H2,1-4H3,(H2,23,25,26,30). The lowest BCUT2D eigenvalue weighted by molar-refractivity contribution is 0.270. The summed E-state index contributed by atoms with van der Waals surface area (Å²) < 4.78 is 1.78. The zero-order chi connectivity index (χ0) is 21.3. The molecule has 0 unspecified atom stereocenters. The van der Waals surface area contributed by atoms with Crippen molar-refractivity contribution in [2.24, 2.45) is 0 Å². The van der Waals surface area contributed by atoms with Crippen molar-refractivity contribution in [3.05, 3.63) is 40.4 Å². The molecule has 160 valence electrons. The minimum absolute atomic E-state index is 0.192. The molecule has 0 saturated carbocycles. The molecule has 4 heterocycles. The Morgan fingerprint density at radius 1 is 1.20 bits per heavy atom. The van der Waals surface area contributed by atoms with Crippen LogP contribution >= 0.6 is 0 Å². The van der Waals surface area contributed by atoms with Gasteiger partial charge in [-0.1, -0.05) is 6.92 Å². The van der Waals surface area contributed by atoms with Crippen LogP contribution < -0.4 is 15.8 Å². The van der Waals surface area contributed by atoms with E-state index in [-0.39, 0.29) is 11.1 Å². The Labute approximate surface area is 176 Å². The lowest BCUT2D eigenvalue weighted by Crippen LogP contribution is -2.46. The van der Waals surface area contributed by atoms with E-state index in [9.17, 15) is 4.79 Å². The van der Waals surface area contributed by atoms with Gasteiger partial charge in [-0.3, -0.25) is 9.78 Å². The van der Waals surface area contributed by atoms with E-state index in [0.717, 1.165) is 44.1 Å². The smallest absolute Gasteiger partial charge is 0.263 e. The molecule has 9 heteroatoms. The molecule has 1 fully saturated rings. The van der Waals surface area contributed by atoms with Crippen LogP contribution in [0.15, 0.2) is 29.3 Å². The van der Waals surface area contributed by atoms with Gasteiger partial charge >= 0.3 is 0 Å². The maximum atomic E-state index is 12.5. The highest BCUT2D eigenvalue weighted by molar-refractivity contribution is 5.74. The van der Waals surface area contributed by atoms with Crippen molar-refractivity contribution in [1.29, 1.82) is 0 Å². The second-order valence-corrected chi connectivity index (χ2v) is 8.68. The van der Waals surface area contributed by atoms with E-state index < -0.39 is 0 Å². The molecule has 0 bridgehead atoms. The van der Waals surface area contributed by atoms with Crippen LogP contribution in [0.2, 0.25) is 0 Å². The van der Waals surface area contributed by atoms with Crippen LogP contribution in [0.25, 0.3) is 11.0 Å². The highest BCUT2D eigenvalue weighted by Crippen LogP contribution is 2.19. The minimum Gasteiger partial charge on any atom is -0.354 e. The van der Waals surface area contributed by atoms with E-state index in [2.05, 4.69) is 48.2 Å². The van der Waals surface area contributed by atoms with Gasteiger partial charge in [-0.2, -0.15) is 10.1 Å². The van der Waals surface area contributed by atoms with Crippen molar-refractivity contribution in [1.82, 2.24) is 29.6 Å². The second kappa shape index (κ2) is 8.06. The molecule has 4 rings (SSSR count). The number of aromatic nitrogens is 5. The number of likely N-dealkylation sites (N-methyl/N-ethyl adjacent to an activating group) is 1. The number of hydrogen-bond acceptors (Lipinski definition) is 7. The summed E-state index contributed by atoms with van der Waals surface area (Å²) in [4.78, 5) is 29.2. The first-order valence-electron chi connectivity index (χ1n) is 10.5. The van der Waals surface area contributed by atoms with Crippen molar-refractivity contribution in [2.75, 3.05) is 42.9 Å². The monoisotopic (exact) mass is 410 g/mol. The summed E-state index contributed by atoms with van der Waals surface area (Å²) in [5.74, 6) is 1.43.